The average molecular weight is 395 g/mol. The fourth-order valence-corrected chi connectivity index (χ4v) is 5.01. The van der Waals surface area contributed by atoms with Crippen molar-refractivity contribution in [3.63, 3.8) is 0 Å². The Morgan fingerprint density at radius 2 is 2.15 bits per heavy atom. The molecule has 8 nitrogen and oxygen atoms in total. The van der Waals surface area contributed by atoms with Gasteiger partial charge in [0.15, 0.2) is 0 Å². The first-order valence-corrected chi connectivity index (χ1v) is 10.5. The van der Waals surface area contributed by atoms with Crippen LogP contribution >= 0.6 is 0 Å². The summed E-state index contributed by atoms with van der Waals surface area (Å²) < 4.78 is 31.3. The Morgan fingerprint density at radius 1 is 1.33 bits per heavy atom. The van der Waals surface area contributed by atoms with Crippen LogP contribution in [0.5, 0.6) is 0 Å². The van der Waals surface area contributed by atoms with E-state index in [0.717, 1.165) is 32.2 Å². The summed E-state index contributed by atoms with van der Waals surface area (Å²) in [4.78, 5) is 24.2. The maximum atomic E-state index is 13.0. The number of amides is 1. The van der Waals surface area contributed by atoms with Crippen LogP contribution in [0.25, 0.3) is 0 Å². The van der Waals surface area contributed by atoms with E-state index in [9.17, 15) is 18.0 Å². The van der Waals surface area contributed by atoms with E-state index >= 15 is 0 Å². The molecule has 9 heteroatoms. The number of hydrogen-bond acceptors (Lipinski definition) is 6. The van der Waals surface area contributed by atoms with Gasteiger partial charge in [0.25, 0.3) is 0 Å². The number of ether oxygens (including phenoxy) is 1. The fraction of sp³-hybridized carbons (Fsp3) is 0.556. The molecule has 0 radical (unpaired) electrons. The number of rotatable bonds is 6. The van der Waals surface area contributed by atoms with Crippen LogP contribution in [0.2, 0.25) is 0 Å². The molecular formula is C18H25N3O5S. The molecule has 3 N–H and O–H groups in total. The van der Waals surface area contributed by atoms with Gasteiger partial charge in [0.05, 0.1) is 17.4 Å². The van der Waals surface area contributed by atoms with Crippen molar-refractivity contribution in [2.45, 2.75) is 30.6 Å². The summed E-state index contributed by atoms with van der Waals surface area (Å²) in [6.45, 7) is 1.05. The van der Waals surface area contributed by atoms with Gasteiger partial charge in [0, 0.05) is 12.2 Å². The Hall–Kier alpha value is -1.97. The molecule has 27 heavy (non-hydrogen) atoms. The number of fused-ring (bicyclic) bond motifs is 1. The van der Waals surface area contributed by atoms with Gasteiger partial charge in [-0.15, -0.1) is 0 Å². The molecule has 1 saturated carbocycles. The van der Waals surface area contributed by atoms with Crippen molar-refractivity contribution in [1.82, 2.24) is 10.0 Å². The van der Waals surface area contributed by atoms with Crippen molar-refractivity contribution >= 4 is 27.6 Å². The first-order valence-electron chi connectivity index (χ1n) is 9.06. The summed E-state index contributed by atoms with van der Waals surface area (Å²) >= 11 is 0. The molecular weight excluding hydrogens is 370 g/mol. The number of benzene rings is 1. The summed E-state index contributed by atoms with van der Waals surface area (Å²) in [6, 6.07) is 6.03. The second-order valence-electron chi connectivity index (χ2n) is 7.11. The monoisotopic (exact) mass is 395 g/mol. The molecule has 2 fully saturated rings. The maximum absolute atomic E-state index is 13.0. The Balaban J connectivity index is 1.74. The molecule has 0 aromatic heterocycles. The summed E-state index contributed by atoms with van der Waals surface area (Å²) in [5.41, 5.74) is 0.00235. The second kappa shape index (κ2) is 7.95. The number of anilines is 1. The van der Waals surface area contributed by atoms with Crippen molar-refractivity contribution in [2.24, 2.45) is 11.3 Å². The normalized spacial score (nSPS) is 24.9. The molecule has 0 spiro atoms. The SMILES string of the molecule is COC(=O)CNS(=O)(=O)c1cccc(NC(=O)[C@@]23CCCC[C@H]2CNC3)c1. The minimum atomic E-state index is -3.88. The van der Waals surface area contributed by atoms with Gasteiger partial charge in [0.1, 0.15) is 6.54 Å². The Labute approximate surface area is 159 Å². The average Bonchev–Trinajstić information content (AvgIpc) is 3.12. The smallest absolute Gasteiger partial charge is 0.320 e. The van der Waals surface area contributed by atoms with Crippen LogP contribution in [0.15, 0.2) is 29.2 Å². The Kier molecular flexibility index (Phi) is 5.83. The molecule has 1 heterocycles. The lowest BCUT2D eigenvalue weighted by atomic mass is 9.67. The van der Waals surface area contributed by atoms with Gasteiger partial charge in [-0.05, 0) is 43.5 Å². The lowest BCUT2D eigenvalue weighted by molar-refractivity contribution is -0.139. The lowest BCUT2D eigenvalue weighted by Crippen LogP contribution is -2.44. The van der Waals surface area contributed by atoms with E-state index in [-0.39, 0.29) is 10.8 Å². The van der Waals surface area contributed by atoms with Crippen LogP contribution in [-0.2, 0) is 24.3 Å². The topological polar surface area (TPSA) is 114 Å². The lowest BCUT2D eigenvalue weighted by Gasteiger charge is -2.37. The van der Waals surface area contributed by atoms with Crippen LogP contribution in [0.3, 0.4) is 0 Å². The third-order valence-corrected chi connectivity index (χ3v) is 6.93. The zero-order chi connectivity index (χ0) is 19.5. The van der Waals surface area contributed by atoms with Crippen LogP contribution in [0.1, 0.15) is 25.7 Å². The minimum absolute atomic E-state index is 0.0218. The highest BCUT2D eigenvalue weighted by Gasteiger charge is 2.49. The third kappa shape index (κ3) is 4.15. The highest BCUT2D eigenvalue weighted by atomic mass is 32.2. The zero-order valence-corrected chi connectivity index (χ0v) is 16.1. The van der Waals surface area contributed by atoms with E-state index < -0.39 is 28.0 Å². The van der Waals surface area contributed by atoms with Crippen LogP contribution in [0.4, 0.5) is 5.69 Å². The molecule has 1 saturated heterocycles. The minimum Gasteiger partial charge on any atom is -0.468 e. The van der Waals surface area contributed by atoms with Crippen molar-refractivity contribution in [3.8, 4) is 0 Å². The van der Waals surface area contributed by atoms with Crippen molar-refractivity contribution < 1.29 is 22.7 Å². The van der Waals surface area contributed by atoms with Gasteiger partial charge in [-0.1, -0.05) is 18.9 Å². The first kappa shape index (κ1) is 19.8. The molecule has 1 aromatic carbocycles. The van der Waals surface area contributed by atoms with E-state index in [1.807, 2.05) is 0 Å². The van der Waals surface area contributed by atoms with Gasteiger partial charge in [-0.25, -0.2) is 8.42 Å². The molecule has 1 aliphatic carbocycles. The number of carbonyl (C=O) groups excluding carboxylic acids is 2. The largest absolute Gasteiger partial charge is 0.468 e. The zero-order valence-electron chi connectivity index (χ0n) is 15.3. The van der Waals surface area contributed by atoms with E-state index in [4.69, 9.17) is 0 Å². The second-order valence-corrected chi connectivity index (χ2v) is 8.88. The molecule has 0 bridgehead atoms. The number of hydrogen-bond donors (Lipinski definition) is 3. The number of carbonyl (C=O) groups is 2. The van der Waals surface area contributed by atoms with Gasteiger partial charge in [0.2, 0.25) is 15.9 Å². The van der Waals surface area contributed by atoms with Gasteiger partial charge in [-0.2, -0.15) is 4.72 Å². The van der Waals surface area contributed by atoms with Gasteiger partial charge in [-0.3, -0.25) is 9.59 Å². The maximum Gasteiger partial charge on any atom is 0.320 e. The highest BCUT2D eigenvalue weighted by molar-refractivity contribution is 7.89. The third-order valence-electron chi connectivity index (χ3n) is 5.53. The number of sulfonamides is 1. The van der Waals surface area contributed by atoms with E-state index in [1.54, 1.807) is 12.1 Å². The number of methoxy groups -OCH3 is 1. The highest BCUT2D eigenvalue weighted by Crippen LogP contribution is 2.44. The Bertz CT molecular complexity index is 826. The summed E-state index contributed by atoms with van der Waals surface area (Å²) in [5, 5.41) is 6.23. The predicted molar refractivity (Wildman–Crippen MR) is 99.5 cm³/mol. The quantitative estimate of drug-likeness (QED) is 0.616. The molecule has 1 aliphatic heterocycles. The summed E-state index contributed by atoms with van der Waals surface area (Å²) in [7, 11) is -2.70. The van der Waals surface area contributed by atoms with E-state index in [0.29, 0.717) is 18.2 Å². The van der Waals surface area contributed by atoms with E-state index in [2.05, 4.69) is 20.1 Å². The molecule has 3 rings (SSSR count). The molecule has 1 aromatic rings. The van der Waals surface area contributed by atoms with Crippen molar-refractivity contribution in [3.05, 3.63) is 24.3 Å². The standard InChI is InChI=1S/C18H25N3O5S/c1-26-16(22)11-20-27(24,25)15-7-4-6-14(9-15)21-17(23)18-8-3-2-5-13(18)10-19-12-18/h4,6-7,9,13,19-20H,2-3,5,8,10-12H2,1H3,(H,21,23)/t13-,18+/m0/s1. The summed E-state index contributed by atoms with van der Waals surface area (Å²) in [5.74, 6) is -0.423. The van der Waals surface area contributed by atoms with E-state index in [1.165, 1.54) is 19.2 Å². The fourth-order valence-electron chi connectivity index (χ4n) is 4.00. The first-order chi connectivity index (χ1) is 12.9. The summed E-state index contributed by atoms with van der Waals surface area (Å²) in [6.07, 6.45) is 4.04. The molecule has 1 amide bonds. The molecule has 148 valence electrons. The number of nitrogens with one attached hydrogen (secondary N) is 3. The van der Waals surface area contributed by atoms with Crippen LogP contribution in [0, 0.1) is 11.3 Å². The van der Waals surface area contributed by atoms with Crippen LogP contribution in [-0.4, -0.2) is 47.0 Å². The van der Waals surface area contributed by atoms with Crippen molar-refractivity contribution in [1.29, 1.82) is 0 Å². The van der Waals surface area contributed by atoms with Gasteiger partial charge >= 0.3 is 5.97 Å². The molecule has 2 aliphatic rings. The van der Waals surface area contributed by atoms with Crippen LogP contribution < -0.4 is 15.4 Å². The predicted octanol–water partition coefficient (Wildman–Crippen LogP) is 0.856. The van der Waals surface area contributed by atoms with Crippen molar-refractivity contribution in [2.75, 3.05) is 32.1 Å². The molecule has 0 unspecified atom stereocenters. The molecule has 2 atom stereocenters. The number of esters is 1. The van der Waals surface area contributed by atoms with Gasteiger partial charge < -0.3 is 15.4 Å². The Morgan fingerprint density at radius 3 is 2.93 bits per heavy atom.